The molecular formula is C58H104O6. The Hall–Kier alpha value is -2.63. The van der Waals surface area contributed by atoms with Crippen LogP contribution in [0.4, 0.5) is 0 Å². The Labute approximate surface area is 397 Å². The quantitative estimate of drug-likeness (QED) is 0.0262. The first-order valence-corrected chi connectivity index (χ1v) is 27.6. The van der Waals surface area contributed by atoms with Crippen LogP contribution in [-0.4, -0.2) is 37.2 Å². The fraction of sp³-hybridized carbons (Fsp3) is 0.810. The van der Waals surface area contributed by atoms with E-state index in [-0.39, 0.29) is 31.1 Å². The predicted molar refractivity (Wildman–Crippen MR) is 275 cm³/mol. The van der Waals surface area contributed by atoms with Crippen LogP contribution in [0.5, 0.6) is 0 Å². The number of allylic oxidation sites excluding steroid dienone is 8. The van der Waals surface area contributed by atoms with E-state index in [1.807, 2.05) is 0 Å². The lowest BCUT2D eigenvalue weighted by atomic mass is 10.1. The summed E-state index contributed by atoms with van der Waals surface area (Å²) in [7, 11) is 0. The summed E-state index contributed by atoms with van der Waals surface area (Å²) in [6.07, 6.45) is 63.8. The summed E-state index contributed by atoms with van der Waals surface area (Å²) in [5.41, 5.74) is 0. The molecule has 0 rings (SSSR count). The minimum absolute atomic E-state index is 0.0843. The largest absolute Gasteiger partial charge is 0.462 e. The molecule has 0 aliphatic carbocycles. The van der Waals surface area contributed by atoms with Gasteiger partial charge in [-0.25, -0.2) is 0 Å². The van der Waals surface area contributed by atoms with Crippen molar-refractivity contribution in [2.45, 2.75) is 290 Å². The van der Waals surface area contributed by atoms with Gasteiger partial charge in [-0.15, -0.1) is 0 Å². The second-order valence-electron chi connectivity index (χ2n) is 18.5. The third kappa shape index (κ3) is 50.4. The molecule has 0 aromatic rings. The molecule has 0 aliphatic heterocycles. The highest BCUT2D eigenvalue weighted by Gasteiger charge is 2.19. The van der Waals surface area contributed by atoms with Crippen LogP contribution in [0.3, 0.4) is 0 Å². The molecule has 0 heterocycles. The van der Waals surface area contributed by atoms with Crippen molar-refractivity contribution >= 4 is 17.9 Å². The SMILES string of the molecule is CCCCCC/C=C\C/C=C\CCCCCCCC(=O)OCC(COC(=O)CCCCCCC/C=C\CCCCCCC)OC(=O)CCCCCCC/C=C\CCCCCCCCC. The summed E-state index contributed by atoms with van der Waals surface area (Å²) < 4.78 is 16.8. The fourth-order valence-corrected chi connectivity index (χ4v) is 7.81. The van der Waals surface area contributed by atoms with Gasteiger partial charge >= 0.3 is 17.9 Å². The molecule has 0 saturated heterocycles. The standard InChI is InChI=1S/C58H104O6/c1-4-7-10-13-16-19-22-25-28-30-33-36-39-42-45-48-51-57(60)63-54-55(53-62-56(59)50-47-44-41-38-35-32-27-24-21-18-15-12-9-6-3)64-58(61)52-49-46-43-40-37-34-31-29-26-23-20-17-14-11-8-5-2/h19,22,24,27-31,55H,4-18,20-21,23,25-26,32-54H2,1-3H3/b22-19-,27-24-,30-28-,31-29-. The molecule has 0 radical (unpaired) electrons. The maximum atomic E-state index is 12.8. The van der Waals surface area contributed by atoms with Gasteiger partial charge < -0.3 is 14.2 Å². The van der Waals surface area contributed by atoms with Crippen LogP contribution >= 0.6 is 0 Å². The van der Waals surface area contributed by atoms with E-state index in [9.17, 15) is 14.4 Å². The zero-order chi connectivity index (χ0) is 46.5. The minimum Gasteiger partial charge on any atom is -0.462 e. The third-order valence-corrected chi connectivity index (χ3v) is 12.0. The number of carbonyl (C=O) groups is 3. The van der Waals surface area contributed by atoms with Gasteiger partial charge in [-0.3, -0.25) is 14.4 Å². The number of hydrogen-bond donors (Lipinski definition) is 0. The first kappa shape index (κ1) is 61.4. The van der Waals surface area contributed by atoms with E-state index in [1.54, 1.807) is 0 Å². The average Bonchev–Trinajstić information content (AvgIpc) is 3.29. The van der Waals surface area contributed by atoms with Crippen LogP contribution in [0, 0.1) is 0 Å². The van der Waals surface area contributed by atoms with Gasteiger partial charge in [0, 0.05) is 19.3 Å². The van der Waals surface area contributed by atoms with Crippen molar-refractivity contribution in [2.24, 2.45) is 0 Å². The highest BCUT2D eigenvalue weighted by molar-refractivity contribution is 5.71. The monoisotopic (exact) mass is 897 g/mol. The van der Waals surface area contributed by atoms with Gasteiger partial charge in [-0.1, -0.05) is 211 Å². The van der Waals surface area contributed by atoms with Crippen molar-refractivity contribution < 1.29 is 28.6 Å². The molecule has 1 atom stereocenters. The van der Waals surface area contributed by atoms with Crippen LogP contribution in [0.25, 0.3) is 0 Å². The second-order valence-corrected chi connectivity index (χ2v) is 18.5. The summed E-state index contributed by atoms with van der Waals surface area (Å²) in [6, 6.07) is 0. The van der Waals surface area contributed by atoms with Crippen molar-refractivity contribution in [3.63, 3.8) is 0 Å². The van der Waals surface area contributed by atoms with Crippen molar-refractivity contribution in [2.75, 3.05) is 13.2 Å². The molecular weight excluding hydrogens is 793 g/mol. The lowest BCUT2D eigenvalue weighted by molar-refractivity contribution is -0.167. The van der Waals surface area contributed by atoms with Gasteiger partial charge in [-0.2, -0.15) is 0 Å². The first-order valence-electron chi connectivity index (χ1n) is 27.6. The molecule has 0 amide bonds. The number of ether oxygens (including phenoxy) is 3. The maximum Gasteiger partial charge on any atom is 0.306 e. The van der Waals surface area contributed by atoms with E-state index in [0.717, 1.165) is 96.3 Å². The van der Waals surface area contributed by atoms with Crippen LogP contribution in [0.2, 0.25) is 0 Å². The first-order chi connectivity index (χ1) is 31.5. The van der Waals surface area contributed by atoms with Crippen molar-refractivity contribution in [1.29, 1.82) is 0 Å². The minimum atomic E-state index is -0.785. The van der Waals surface area contributed by atoms with Gasteiger partial charge in [0.15, 0.2) is 6.10 Å². The maximum absolute atomic E-state index is 12.8. The Morgan fingerprint density at radius 2 is 0.562 bits per heavy atom. The summed E-state index contributed by atoms with van der Waals surface area (Å²) in [6.45, 7) is 6.60. The van der Waals surface area contributed by atoms with Gasteiger partial charge in [0.05, 0.1) is 0 Å². The third-order valence-electron chi connectivity index (χ3n) is 12.0. The number of rotatable bonds is 50. The number of unbranched alkanes of at least 4 members (excludes halogenated alkanes) is 31. The van der Waals surface area contributed by atoms with Crippen molar-refractivity contribution in [3.05, 3.63) is 48.6 Å². The highest BCUT2D eigenvalue weighted by atomic mass is 16.6. The molecule has 0 bridgehead atoms. The average molecular weight is 897 g/mol. The highest BCUT2D eigenvalue weighted by Crippen LogP contribution is 2.14. The Bertz CT molecular complexity index is 1120. The van der Waals surface area contributed by atoms with E-state index in [0.29, 0.717) is 19.3 Å². The molecule has 64 heavy (non-hydrogen) atoms. The molecule has 0 saturated carbocycles. The Morgan fingerprint density at radius 1 is 0.312 bits per heavy atom. The molecule has 6 heteroatoms. The molecule has 0 N–H and O–H groups in total. The van der Waals surface area contributed by atoms with E-state index in [1.165, 1.54) is 148 Å². The summed E-state index contributed by atoms with van der Waals surface area (Å²) >= 11 is 0. The fourth-order valence-electron chi connectivity index (χ4n) is 7.81. The summed E-state index contributed by atoms with van der Waals surface area (Å²) in [5.74, 6) is -0.905. The van der Waals surface area contributed by atoms with Crippen LogP contribution in [0.15, 0.2) is 48.6 Å². The normalized spacial score (nSPS) is 12.4. The molecule has 0 aliphatic rings. The van der Waals surface area contributed by atoms with Crippen LogP contribution in [0.1, 0.15) is 284 Å². The molecule has 0 aromatic carbocycles. The molecule has 372 valence electrons. The molecule has 0 spiro atoms. The van der Waals surface area contributed by atoms with E-state index < -0.39 is 6.10 Å². The van der Waals surface area contributed by atoms with Crippen molar-refractivity contribution in [3.8, 4) is 0 Å². The van der Waals surface area contributed by atoms with Crippen molar-refractivity contribution in [1.82, 2.24) is 0 Å². The van der Waals surface area contributed by atoms with Gasteiger partial charge in [-0.05, 0) is 103 Å². The lowest BCUT2D eigenvalue weighted by Crippen LogP contribution is -2.30. The van der Waals surface area contributed by atoms with Gasteiger partial charge in [0.25, 0.3) is 0 Å². The van der Waals surface area contributed by atoms with Crippen LogP contribution in [-0.2, 0) is 28.6 Å². The molecule has 0 fully saturated rings. The number of esters is 3. The van der Waals surface area contributed by atoms with Gasteiger partial charge in [0.1, 0.15) is 13.2 Å². The smallest absolute Gasteiger partial charge is 0.306 e. The lowest BCUT2D eigenvalue weighted by Gasteiger charge is -2.18. The number of hydrogen-bond acceptors (Lipinski definition) is 6. The second kappa shape index (κ2) is 53.0. The summed E-state index contributed by atoms with van der Waals surface area (Å²) in [5, 5.41) is 0. The molecule has 0 aromatic heterocycles. The number of carbonyl (C=O) groups excluding carboxylic acids is 3. The van der Waals surface area contributed by atoms with Crippen LogP contribution < -0.4 is 0 Å². The van der Waals surface area contributed by atoms with Gasteiger partial charge in [0.2, 0.25) is 0 Å². The Balaban J connectivity index is 4.41. The predicted octanol–water partition coefficient (Wildman–Crippen LogP) is 18.3. The zero-order valence-electron chi connectivity index (χ0n) is 42.6. The summed E-state index contributed by atoms with van der Waals surface area (Å²) in [4.78, 5) is 38.1. The Kier molecular flexibility index (Phi) is 50.8. The molecule has 1 unspecified atom stereocenters. The topological polar surface area (TPSA) is 78.9 Å². The Morgan fingerprint density at radius 3 is 0.891 bits per heavy atom. The van der Waals surface area contributed by atoms with E-state index in [2.05, 4.69) is 69.4 Å². The molecule has 6 nitrogen and oxygen atoms in total. The van der Waals surface area contributed by atoms with E-state index in [4.69, 9.17) is 14.2 Å². The zero-order valence-corrected chi connectivity index (χ0v) is 42.6. The van der Waals surface area contributed by atoms with E-state index >= 15 is 0 Å².